The van der Waals surface area contributed by atoms with E-state index in [1.165, 1.54) is 22.5 Å². The number of aryl methyl sites for hydroxylation is 1. The van der Waals surface area contributed by atoms with Crippen molar-refractivity contribution >= 4 is 23.4 Å². The average molecular weight is 468 g/mol. The standard InChI is InChI=1S/C24H26FN5O2S/c1-3-32-18-10-8-17(9-11-18)21(22-23(31)30-24(33-22)26-16(2)27-30)29-14-12-28(13-15-29)20-7-5-4-6-19(20)25/h4-11,21-22H,3,12-15H2,1-2H3. The van der Waals surface area contributed by atoms with Gasteiger partial charge in [0, 0.05) is 26.2 Å². The van der Waals surface area contributed by atoms with Crippen LogP contribution in [0, 0.1) is 12.7 Å². The monoisotopic (exact) mass is 467 g/mol. The van der Waals surface area contributed by atoms with E-state index in [9.17, 15) is 9.18 Å². The number of nitrogens with zero attached hydrogens (tertiary/aromatic N) is 5. The summed E-state index contributed by atoms with van der Waals surface area (Å²) >= 11 is 1.47. The normalized spacial score (nSPS) is 19.5. The Bertz CT molecular complexity index is 1140. The first kappa shape index (κ1) is 21.9. The first-order chi connectivity index (χ1) is 16.0. The molecule has 2 unspecified atom stereocenters. The summed E-state index contributed by atoms with van der Waals surface area (Å²) in [5.74, 6) is 1.15. The van der Waals surface area contributed by atoms with Crippen molar-refractivity contribution in [2.24, 2.45) is 0 Å². The van der Waals surface area contributed by atoms with E-state index in [2.05, 4.69) is 19.9 Å². The minimum atomic E-state index is -0.349. The van der Waals surface area contributed by atoms with E-state index in [1.54, 1.807) is 13.0 Å². The number of hydrogen-bond donors (Lipinski definition) is 0. The van der Waals surface area contributed by atoms with Gasteiger partial charge in [0.2, 0.25) is 0 Å². The number of hydrogen-bond acceptors (Lipinski definition) is 7. The Kier molecular flexibility index (Phi) is 6.07. The van der Waals surface area contributed by atoms with Crippen molar-refractivity contribution in [1.82, 2.24) is 19.7 Å². The molecular weight excluding hydrogens is 441 g/mol. The van der Waals surface area contributed by atoms with E-state index < -0.39 is 0 Å². The summed E-state index contributed by atoms with van der Waals surface area (Å²) in [6.07, 6.45) is 0. The fourth-order valence-electron chi connectivity index (χ4n) is 4.55. The topological polar surface area (TPSA) is 63.5 Å². The largest absolute Gasteiger partial charge is 0.494 e. The number of piperazine rings is 1. The van der Waals surface area contributed by atoms with Gasteiger partial charge in [-0.15, -0.1) is 5.10 Å². The smallest absolute Gasteiger partial charge is 0.264 e. The Balaban J connectivity index is 1.40. The first-order valence-corrected chi connectivity index (χ1v) is 12.0. The molecule has 1 saturated heterocycles. The van der Waals surface area contributed by atoms with Gasteiger partial charge >= 0.3 is 0 Å². The van der Waals surface area contributed by atoms with Gasteiger partial charge in [0.15, 0.2) is 5.16 Å². The minimum Gasteiger partial charge on any atom is -0.494 e. The highest BCUT2D eigenvalue weighted by molar-refractivity contribution is 8.00. The molecule has 2 aliphatic rings. The SMILES string of the molecule is CCOc1ccc(C(C2Sc3nc(C)nn3C2=O)N2CCN(c3ccccc3F)CC2)cc1. The van der Waals surface area contributed by atoms with Gasteiger partial charge in [-0.3, -0.25) is 9.69 Å². The van der Waals surface area contributed by atoms with Crippen LogP contribution in [0.25, 0.3) is 0 Å². The molecular formula is C24H26FN5O2S. The number of fused-ring (bicyclic) bond motifs is 1. The number of anilines is 1. The molecule has 0 bridgehead atoms. The summed E-state index contributed by atoms with van der Waals surface area (Å²) in [6, 6.07) is 14.7. The highest BCUT2D eigenvalue weighted by atomic mass is 32.2. The highest BCUT2D eigenvalue weighted by Gasteiger charge is 2.43. The summed E-state index contributed by atoms with van der Waals surface area (Å²) in [6.45, 7) is 7.14. The van der Waals surface area contributed by atoms with E-state index in [0.717, 1.165) is 11.3 Å². The Morgan fingerprint density at radius 3 is 2.52 bits per heavy atom. The highest BCUT2D eigenvalue weighted by Crippen LogP contribution is 2.41. The molecule has 9 heteroatoms. The number of halogens is 1. The minimum absolute atomic E-state index is 0.0500. The lowest BCUT2D eigenvalue weighted by molar-refractivity contribution is 0.0830. The van der Waals surface area contributed by atoms with Crippen molar-refractivity contribution in [3.05, 3.63) is 65.7 Å². The molecule has 0 N–H and O–H groups in total. The zero-order valence-electron chi connectivity index (χ0n) is 18.6. The Morgan fingerprint density at radius 2 is 1.85 bits per heavy atom. The van der Waals surface area contributed by atoms with Gasteiger partial charge in [0.25, 0.3) is 5.91 Å². The van der Waals surface area contributed by atoms with Crippen LogP contribution in [-0.2, 0) is 0 Å². The molecule has 2 atom stereocenters. The molecule has 0 aliphatic carbocycles. The van der Waals surface area contributed by atoms with E-state index in [1.807, 2.05) is 43.3 Å². The first-order valence-electron chi connectivity index (χ1n) is 11.2. The molecule has 0 radical (unpaired) electrons. The molecule has 0 saturated carbocycles. The lowest BCUT2D eigenvalue weighted by Crippen LogP contribution is -2.50. The fourth-order valence-corrected chi connectivity index (χ4v) is 5.86. The maximum absolute atomic E-state index is 14.3. The van der Waals surface area contributed by atoms with Gasteiger partial charge in [-0.2, -0.15) is 4.68 Å². The third-order valence-electron chi connectivity index (χ3n) is 6.09. The zero-order valence-corrected chi connectivity index (χ0v) is 19.5. The molecule has 3 heterocycles. The van der Waals surface area contributed by atoms with Crippen molar-refractivity contribution in [3.8, 4) is 5.75 Å². The molecule has 2 aromatic carbocycles. The number of thioether (sulfide) groups is 1. The van der Waals surface area contributed by atoms with Crippen molar-refractivity contribution in [2.45, 2.75) is 30.3 Å². The number of carbonyl (C=O) groups is 1. The second-order valence-electron chi connectivity index (χ2n) is 8.15. The van der Waals surface area contributed by atoms with Crippen LogP contribution < -0.4 is 9.64 Å². The molecule has 1 aromatic heterocycles. The number of benzene rings is 2. The lowest BCUT2D eigenvalue weighted by Gasteiger charge is -2.41. The number of rotatable bonds is 6. The van der Waals surface area contributed by atoms with Crippen molar-refractivity contribution in [1.29, 1.82) is 0 Å². The average Bonchev–Trinajstić information content (AvgIpc) is 3.33. The third-order valence-corrected chi connectivity index (χ3v) is 7.28. The van der Waals surface area contributed by atoms with Crippen molar-refractivity contribution in [3.63, 3.8) is 0 Å². The number of para-hydroxylation sites is 1. The van der Waals surface area contributed by atoms with Crippen molar-refractivity contribution in [2.75, 3.05) is 37.7 Å². The van der Waals surface area contributed by atoms with Gasteiger partial charge < -0.3 is 9.64 Å². The van der Waals surface area contributed by atoms with Crippen LogP contribution in [0.15, 0.2) is 53.7 Å². The second-order valence-corrected chi connectivity index (χ2v) is 9.26. The quantitative estimate of drug-likeness (QED) is 0.546. The van der Waals surface area contributed by atoms with Crippen LogP contribution in [0.3, 0.4) is 0 Å². The summed E-state index contributed by atoms with van der Waals surface area (Å²) in [5.41, 5.74) is 1.67. The molecule has 0 spiro atoms. The molecule has 33 heavy (non-hydrogen) atoms. The maximum Gasteiger partial charge on any atom is 0.264 e. The van der Waals surface area contributed by atoms with E-state index in [-0.39, 0.29) is 23.0 Å². The predicted octanol–water partition coefficient (Wildman–Crippen LogP) is 3.80. The maximum atomic E-state index is 14.3. The van der Waals surface area contributed by atoms with Gasteiger partial charge in [-0.25, -0.2) is 9.37 Å². The fraction of sp³-hybridized carbons (Fsp3) is 0.375. The lowest BCUT2D eigenvalue weighted by atomic mass is 9.99. The van der Waals surface area contributed by atoms with Crippen LogP contribution in [0.5, 0.6) is 5.75 Å². The van der Waals surface area contributed by atoms with Crippen LogP contribution in [0.1, 0.15) is 29.1 Å². The number of carbonyl (C=O) groups excluding carboxylic acids is 1. The molecule has 172 valence electrons. The van der Waals surface area contributed by atoms with Gasteiger partial charge in [-0.05, 0) is 43.7 Å². The molecule has 5 rings (SSSR count). The van der Waals surface area contributed by atoms with Gasteiger partial charge in [-0.1, -0.05) is 36.0 Å². The molecule has 2 aliphatic heterocycles. The zero-order chi connectivity index (χ0) is 22.9. The van der Waals surface area contributed by atoms with Gasteiger partial charge in [0.1, 0.15) is 22.6 Å². The number of ether oxygens (including phenoxy) is 1. The van der Waals surface area contributed by atoms with Crippen LogP contribution in [0.4, 0.5) is 10.1 Å². The van der Waals surface area contributed by atoms with E-state index in [0.29, 0.717) is 49.5 Å². The molecule has 7 nitrogen and oxygen atoms in total. The summed E-state index contributed by atoms with van der Waals surface area (Å²) in [4.78, 5) is 22.1. The van der Waals surface area contributed by atoms with Crippen LogP contribution in [0.2, 0.25) is 0 Å². The van der Waals surface area contributed by atoms with E-state index >= 15 is 0 Å². The Morgan fingerprint density at radius 1 is 1.12 bits per heavy atom. The second kappa shape index (κ2) is 9.15. The predicted molar refractivity (Wildman–Crippen MR) is 126 cm³/mol. The molecule has 1 fully saturated rings. The molecule has 0 amide bonds. The Hall–Kier alpha value is -2.91. The molecule has 3 aromatic rings. The van der Waals surface area contributed by atoms with Gasteiger partial charge in [0.05, 0.1) is 18.3 Å². The Labute approximate surface area is 196 Å². The van der Waals surface area contributed by atoms with Crippen LogP contribution >= 0.6 is 11.8 Å². The van der Waals surface area contributed by atoms with E-state index in [4.69, 9.17) is 4.74 Å². The third kappa shape index (κ3) is 4.22. The summed E-state index contributed by atoms with van der Waals surface area (Å²) in [5, 5.41) is 4.58. The van der Waals surface area contributed by atoms with Crippen LogP contribution in [-0.4, -0.2) is 63.6 Å². The summed E-state index contributed by atoms with van der Waals surface area (Å²) < 4.78 is 21.3. The van der Waals surface area contributed by atoms with Crippen molar-refractivity contribution < 1.29 is 13.9 Å². The number of aromatic nitrogens is 3. The summed E-state index contributed by atoms with van der Waals surface area (Å²) in [7, 11) is 0.